The molecular formula is C11H14N6OS. The molecule has 0 spiro atoms. The fraction of sp³-hybridized carbons (Fsp3) is 0.545. The highest BCUT2D eigenvalue weighted by atomic mass is 32.1. The Labute approximate surface area is 113 Å². The number of aromatic amines is 1. The molecule has 1 amide bonds. The van der Waals surface area contributed by atoms with Crippen LogP contribution in [0.4, 0.5) is 0 Å². The lowest BCUT2D eigenvalue weighted by atomic mass is 10.1. The third-order valence-electron chi connectivity index (χ3n) is 3.28. The minimum absolute atomic E-state index is 0.108. The van der Waals surface area contributed by atoms with Crippen molar-refractivity contribution in [2.45, 2.75) is 26.3 Å². The smallest absolute Gasteiger partial charge is 0.223 e. The van der Waals surface area contributed by atoms with Crippen LogP contribution in [-0.4, -0.2) is 31.5 Å². The summed E-state index contributed by atoms with van der Waals surface area (Å²) in [5.41, 5.74) is 0.679. The van der Waals surface area contributed by atoms with E-state index in [1.807, 2.05) is 12.3 Å². The summed E-state index contributed by atoms with van der Waals surface area (Å²) >= 11 is 1.48. The maximum atomic E-state index is 11.9. The Morgan fingerprint density at radius 2 is 2.47 bits per heavy atom. The Balaban J connectivity index is 1.57. The number of tetrazole rings is 1. The van der Waals surface area contributed by atoms with Crippen molar-refractivity contribution in [3.8, 4) is 11.5 Å². The van der Waals surface area contributed by atoms with E-state index in [1.54, 1.807) is 0 Å². The van der Waals surface area contributed by atoms with Gasteiger partial charge in [-0.15, -0.1) is 21.5 Å². The third kappa shape index (κ3) is 2.78. The van der Waals surface area contributed by atoms with Crippen LogP contribution in [0.1, 0.15) is 24.8 Å². The van der Waals surface area contributed by atoms with Gasteiger partial charge in [0.25, 0.3) is 0 Å². The molecule has 0 aliphatic heterocycles. The van der Waals surface area contributed by atoms with Gasteiger partial charge in [-0.05, 0) is 24.0 Å². The van der Waals surface area contributed by atoms with Gasteiger partial charge in [0.2, 0.25) is 11.7 Å². The van der Waals surface area contributed by atoms with E-state index in [2.05, 4.69) is 30.9 Å². The van der Waals surface area contributed by atoms with E-state index in [9.17, 15) is 4.79 Å². The predicted molar refractivity (Wildman–Crippen MR) is 69.0 cm³/mol. The van der Waals surface area contributed by atoms with Gasteiger partial charge in [-0.3, -0.25) is 4.79 Å². The number of H-pyrrole nitrogens is 1. The maximum Gasteiger partial charge on any atom is 0.223 e. The number of nitrogens with zero attached hydrogens (tertiary/aromatic N) is 4. The van der Waals surface area contributed by atoms with Crippen molar-refractivity contribution in [3.63, 3.8) is 0 Å². The first kappa shape index (κ1) is 12.2. The van der Waals surface area contributed by atoms with Crippen molar-refractivity contribution < 1.29 is 4.79 Å². The van der Waals surface area contributed by atoms with Crippen molar-refractivity contribution >= 4 is 17.2 Å². The van der Waals surface area contributed by atoms with E-state index in [4.69, 9.17) is 0 Å². The number of rotatable bonds is 5. The highest BCUT2D eigenvalue weighted by Gasteiger charge is 2.32. The minimum Gasteiger partial charge on any atom is -0.349 e. The van der Waals surface area contributed by atoms with Crippen LogP contribution in [0.25, 0.3) is 11.5 Å². The number of nitrogens with one attached hydrogen (secondary N) is 2. The Bertz CT molecular complexity index is 562. The number of thiazole rings is 1. The summed E-state index contributed by atoms with van der Waals surface area (Å²) in [4.78, 5) is 16.2. The maximum absolute atomic E-state index is 11.9. The van der Waals surface area contributed by atoms with E-state index in [1.165, 1.54) is 24.2 Å². The monoisotopic (exact) mass is 278 g/mol. The number of hydrogen-bond acceptors (Lipinski definition) is 6. The minimum atomic E-state index is 0.108. The van der Waals surface area contributed by atoms with Gasteiger partial charge in [0.1, 0.15) is 10.7 Å². The fourth-order valence-corrected chi connectivity index (χ4v) is 2.61. The summed E-state index contributed by atoms with van der Waals surface area (Å²) in [6.07, 6.45) is 2.35. The molecule has 3 rings (SSSR count). The highest BCUT2D eigenvalue weighted by molar-refractivity contribution is 7.09. The molecule has 2 aromatic heterocycles. The molecule has 2 aromatic rings. The van der Waals surface area contributed by atoms with E-state index in [-0.39, 0.29) is 11.8 Å². The van der Waals surface area contributed by atoms with Crippen LogP contribution in [0.5, 0.6) is 0 Å². The molecule has 1 fully saturated rings. The van der Waals surface area contributed by atoms with Crippen LogP contribution in [0, 0.1) is 11.8 Å². The van der Waals surface area contributed by atoms with Gasteiger partial charge in [-0.25, -0.2) is 4.98 Å². The number of carbonyl (C=O) groups excluding carboxylic acids is 1. The Kier molecular flexibility index (Phi) is 3.24. The van der Waals surface area contributed by atoms with Crippen LogP contribution in [0.15, 0.2) is 5.38 Å². The van der Waals surface area contributed by atoms with Crippen LogP contribution in [0.2, 0.25) is 0 Å². The zero-order valence-corrected chi connectivity index (χ0v) is 11.3. The topological polar surface area (TPSA) is 96.5 Å². The van der Waals surface area contributed by atoms with E-state index >= 15 is 0 Å². The van der Waals surface area contributed by atoms with Crippen LogP contribution in [-0.2, 0) is 11.3 Å². The summed E-state index contributed by atoms with van der Waals surface area (Å²) in [5, 5.41) is 19.2. The molecule has 0 saturated heterocycles. The molecule has 1 unspecified atom stereocenters. The second-order valence-electron chi connectivity index (χ2n) is 4.71. The summed E-state index contributed by atoms with van der Waals surface area (Å²) in [6, 6.07) is 0. The summed E-state index contributed by atoms with van der Waals surface area (Å²) in [7, 11) is 0. The normalized spacial score (nSPS) is 16.3. The van der Waals surface area contributed by atoms with Crippen LogP contribution < -0.4 is 5.32 Å². The Morgan fingerprint density at radius 1 is 1.63 bits per heavy atom. The van der Waals surface area contributed by atoms with Crippen molar-refractivity contribution in [3.05, 3.63) is 10.4 Å². The van der Waals surface area contributed by atoms with Crippen LogP contribution in [0.3, 0.4) is 0 Å². The molecule has 1 atom stereocenters. The second-order valence-corrected chi connectivity index (χ2v) is 5.65. The van der Waals surface area contributed by atoms with E-state index in [0.717, 1.165) is 5.01 Å². The summed E-state index contributed by atoms with van der Waals surface area (Å²) < 4.78 is 0. The highest BCUT2D eigenvalue weighted by Crippen LogP contribution is 2.36. The summed E-state index contributed by atoms with van der Waals surface area (Å²) in [6.45, 7) is 2.44. The number of carbonyl (C=O) groups is 1. The lowest BCUT2D eigenvalue weighted by Gasteiger charge is -2.09. The van der Waals surface area contributed by atoms with Gasteiger partial charge in [0.05, 0.1) is 6.54 Å². The fourth-order valence-electron chi connectivity index (χ4n) is 1.90. The molecule has 1 saturated carbocycles. The number of amides is 1. The molecule has 1 aliphatic carbocycles. The molecule has 19 heavy (non-hydrogen) atoms. The molecule has 0 bridgehead atoms. The SMILES string of the molecule is CC(C(=O)NCc1nc(-c2nn[nH]n2)cs1)C1CC1. The van der Waals surface area contributed by atoms with Crippen molar-refractivity contribution in [2.75, 3.05) is 0 Å². The van der Waals surface area contributed by atoms with Gasteiger partial charge in [0.15, 0.2) is 0 Å². The standard InChI is InChI=1S/C11H14N6OS/c1-6(7-2-3-7)11(18)12-4-9-13-8(5-19-9)10-14-16-17-15-10/h5-7H,2-4H2,1H3,(H,12,18)(H,14,15,16,17). The molecule has 7 nitrogen and oxygen atoms in total. The van der Waals surface area contributed by atoms with Gasteiger partial charge >= 0.3 is 0 Å². The number of hydrogen-bond donors (Lipinski definition) is 2. The first-order valence-electron chi connectivity index (χ1n) is 6.20. The quantitative estimate of drug-likeness (QED) is 0.850. The summed E-state index contributed by atoms with van der Waals surface area (Å²) in [5.74, 6) is 1.27. The van der Waals surface area contributed by atoms with Crippen molar-refractivity contribution in [1.82, 2.24) is 30.9 Å². The predicted octanol–water partition coefficient (Wildman–Crippen LogP) is 0.985. The van der Waals surface area contributed by atoms with Gasteiger partial charge in [-0.2, -0.15) is 5.21 Å². The molecule has 1 aliphatic rings. The molecular weight excluding hydrogens is 264 g/mol. The average Bonchev–Trinajstić information content (AvgIpc) is 2.93. The van der Waals surface area contributed by atoms with Crippen molar-refractivity contribution in [2.24, 2.45) is 11.8 Å². The molecule has 0 radical (unpaired) electrons. The molecule has 0 aromatic carbocycles. The average molecular weight is 278 g/mol. The lowest BCUT2D eigenvalue weighted by molar-refractivity contribution is -0.125. The molecule has 8 heteroatoms. The zero-order chi connectivity index (χ0) is 13.2. The first-order chi connectivity index (χ1) is 9.24. The molecule has 2 N–H and O–H groups in total. The van der Waals surface area contributed by atoms with Gasteiger partial charge in [0, 0.05) is 11.3 Å². The zero-order valence-electron chi connectivity index (χ0n) is 10.5. The van der Waals surface area contributed by atoms with Crippen LogP contribution >= 0.6 is 11.3 Å². The Hall–Kier alpha value is -1.83. The molecule has 2 heterocycles. The van der Waals surface area contributed by atoms with Gasteiger partial charge in [-0.1, -0.05) is 6.92 Å². The molecule has 100 valence electrons. The Morgan fingerprint density at radius 3 is 3.16 bits per heavy atom. The number of aromatic nitrogens is 5. The van der Waals surface area contributed by atoms with Crippen molar-refractivity contribution in [1.29, 1.82) is 0 Å². The third-order valence-corrected chi connectivity index (χ3v) is 4.13. The lowest BCUT2D eigenvalue weighted by Crippen LogP contribution is -2.29. The second kappa shape index (κ2) is 5.04. The largest absolute Gasteiger partial charge is 0.349 e. The first-order valence-corrected chi connectivity index (χ1v) is 7.08. The van der Waals surface area contributed by atoms with Gasteiger partial charge < -0.3 is 5.32 Å². The van der Waals surface area contributed by atoms with E-state index in [0.29, 0.717) is 24.0 Å². The van der Waals surface area contributed by atoms with E-state index < -0.39 is 0 Å².